The van der Waals surface area contributed by atoms with Crippen molar-refractivity contribution >= 4 is 11.6 Å². The topological polar surface area (TPSA) is 12.0 Å². The van der Waals surface area contributed by atoms with Gasteiger partial charge < -0.3 is 5.32 Å². The molecule has 0 saturated heterocycles. The fourth-order valence-electron chi connectivity index (χ4n) is 1.97. The third-order valence-corrected chi connectivity index (χ3v) is 3.30. The van der Waals surface area contributed by atoms with Crippen molar-refractivity contribution in [3.05, 3.63) is 70.5 Å². The summed E-state index contributed by atoms with van der Waals surface area (Å²) in [4.78, 5) is 0. The zero-order chi connectivity index (χ0) is 13.5. The van der Waals surface area contributed by atoms with Crippen LogP contribution in [0.15, 0.2) is 48.5 Å². The van der Waals surface area contributed by atoms with Crippen molar-refractivity contribution in [3.8, 4) is 0 Å². The van der Waals surface area contributed by atoms with Gasteiger partial charge in [-0.25, -0.2) is 4.39 Å². The highest BCUT2D eigenvalue weighted by molar-refractivity contribution is 6.30. The van der Waals surface area contributed by atoms with Gasteiger partial charge in [0.25, 0.3) is 0 Å². The fourth-order valence-corrected chi connectivity index (χ4v) is 2.16. The minimum absolute atomic E-state index is 0.184. The second kappa shape index (κ2) is 7.27. The first-order valence-corrected chi connectivity index (χ1v) is 6.82. The molecule has 2 aromatic carbocycles. The molecule has 0 radical (unpaired) electrons. The third-order valence-electron chi connectivity index (χ3n) is 3.01. The Labute approximate surface area is 118 Å². The van der Waals surface area contributed by atoms with Gasteiger partial charge in [0.05, 0.1) is 5.02 Å². The van der Waals surface area contributed by atoms with Gasteiger partial charge in [-0.3, -0.25) is 0 Å². The first-order valence-electron chi connectivity index (χ1n) is 6.45. The molecule has 0 bridgehead atoms. The maximum absolute atomic E-state index is 13.6. The van der Waals surface area contributed by atoms with Crippen LogP contribution in [0, 0.1) is 5.82 Å². The van der Waals surface area contributed by atoms with E-state index < -0.39 is 0 Å². The van der Waals surface area contributed by atoms with E-state index in [4.69, 9.17) is 11.6 Å². The molecule has 0 aliphatic carbocycles. The molecule has 0 fully saturated rings. The van der Waals surface area contributed by atoms with Gasteiger partial charge in [0, 0.05) is 12.1 Å². The van der Waals surface area contributed by atoms with Crippen LogP contribution in [0.2, 0.25) is 5.02 Å². The summed E-state index contributed by atoms with van der Waals surface area (Å²) in [5.74, 6) is -0.320. The van der Waals surface area contributed by atoms with E-state index in [-0.39, 0.29) is 10.8 Å². The number of halogens is 2. The molecule has 0 heterocycles. The average Bonchev–Trinajstić information content (AvgIpc) is 2.44. The maximum atomic E-state index is 13.6. The smallest absolute Gasteiger partial charge is 0.146 e. The van der Waals surface area contributed by atoms with Crippen molar-refractivity contribution in [2.24, 2.45) is 0 Å². The van der Waals surface area contributed by atoms with Crippen LogP contribution in [0.5, 0.6) is 0 Å². The predicted molar refractivity (Wildman–Crippen MR) is 77.9 cm³/mol. The molecule has 0 aliphatic heterocycles. The Morgan fingerprint density at radius 3 is 2.58 bits per heavy atom. The first-order chi connectivity index (χ1) is 9.27. The molecule has 2 aromatic rings. The SMILES string of the molecule is Fc1c(Cl)cccc1CNCCCc1ccccc1. The van der Waals surface area contributed by atoms with Crippen molar-refractivity contribution in [1.29, 1.82) is 0 Å². The molecule has 19 heavy (non-hydrogen) atoms. The normalized spacial score (nSPS) is 10.6. The van der Waals surface area contributed by atoms with Crippen LogP contribution in [0.3, 0.4) is 0 Å². The molecule has 0 amide bonds. The van der Waals surface area contributed by atoms with Crippen molar-refractivity contribution in [1.82, 2.24) is 5.32 Å². The van der Waals surface area contributed by atoms with Crippen LogP contribution in [-0.2, 0) is 13.0 Å². The molecule has 0 unspecified atom stereocenters. The number of rotatable bonds is 6. The van der Waals surface area contributed by atoms with Crippen LogP contribution < -0.4 is 5.32 Å². The first kappa shape index (κ1) is 14.0. The van der Waals surface area contributed by atoms with Crippen LogP contribution in [-0.4, -0.2) is 6.54 Å². The standard InChI is InChI=1S/C16H17ClFN/c17-15-10-4-9-14(16(15)18)12-19-11-5-8-13-6-2-1-3-7-13/h1-4,6-7,9-10,19H,5,8,11-12H2. The molecule has 1 N–H and O–H groups in total. The number of hydrogen-bond acceptors (Lipinski definition) is 1. The van der Waals surface area contributed by atoms with Crippen molar-refractivity contribution < 1.29 is 4.39 Å². The van der Waals surface area contributed by atoms with E-state index in [1.165, 1.54) is 5.56 Å². The van der Waals surface area contributed by atoms with Gasteiger partial charge in [0.1, 0.15) is 5.82 Å². The average molecular weight is 278 g/mol. The quantitative estimate of drug-likeness (QED) is 0.780. The molecular formula is C16H17ClFN. The molecule has 0 aromatic heterocycles. The highest BCUT2D eigenvalue weighted by atomic mass is 35.5. The lowest BCUT2D eigenvalue weighted by atomic mass is 10.1. The molecule has 2 rings (SSSR count). The molecule has 0 aliphatic rings. The van der Waals surface area contributed by atoms with Gasteiger partial charge >= 0.3 is 0 Å². The maximum Gasteiger partial charge on any atom is 0.146 e. The molecular weight excluding hydrogens is 261 g/mol. The summed E-state index contributed by atoms with van der Waals surface area (Å²) in [5, 5.41) is 3.43. The zero-order valence-corrected chi connectivity index (χ0v) is 11.5. The summed E-state index contributed by atoms with van der Waals surface area (Å²) in [6, 6.07) is 15.4. The van der Waals surface area contributed by atoms with E-state index in [0.717, 1.165) is 19.4 Å². The van der Waals surface area contributed by atoms with Crippen LogP contribution in [0.25, 0.3) is 0 Å². The largest absolute Gasteiger partial charge is 0.313 e. The Morgan fingerprint density at radius 1 is 1.00 bits per heavy atom. The van der Waals surface area contributed by atoms with Gasteiger partial charge in [0.15, 0.2) is 0 Å². The van der Waals surface area contributed by atoms with Crippen molar-refractivity contribution in [2.45, 2.75) is 19.4 Å². The highest BCUT2D eigenvalue weighted by Gasteiger charge is 2.04. The Hall–Kier alpha value is -1.38. The Bertz CT molecular complexity index is 513. The lowest BCUT2D eigenvalue weighted by Gasteiger charge is -2.07. The van der Waals surface area contributed by atoms with E-state index >= 15 is 0 Å². The molecule has 0 saturated carbocycles. The number of nitrogens with one attached hydrogen (secondary N) is 1. The highest BCUT2D eigenvalue weighted by Crippen LogP contribution is 2.17. The van der Waals surface area contributed by atoms with Crippen LogP contribution in [0.4, 0.5) is 4.39 Å². The van der Waals surface area contributed by atoms with Crippen LogP contribution in [0.1, 0.15) is 17.5 Å². The summed E-state index contributed by atoms with van der Waals surface area (Å²) in [6.45, 7) is 1.38. The summed E-state index contributed by atoms with van der Waals surface area (Å²) in [6.07, 6.45) is 2.07. The third kappa shape index (κ3) is 4.34. The lowest BCUT2D eigenvalue weighted by molar-refractivity contribution is 0.582. The monoisotopic (exact) mass is 277 g/mol. The predicted octanol–water partition coefficient (Wildman–Crippen LogP) is 4.20. The molecule has 1 nitrogen and oxygen atoms in total. The number of aryl methyl sites for hydroxylation is 1. The van der Waals surface area contributed by atoms with Crippen molar-refractivity contribution in [2.75, 3.05) is 6.54 Å². The summed E-state index contributed by atoms with van der Waals surface area (Å²) in [5.41, 5.74) is 1.95. The van der Waals surface area contributed by atoms with Gasteiger partial charge in [0.2, 0.25) is 0 Å². The van der Waals surface area contributed by atoms with E-state index in [1.807, 2.05) is 18.2 Å². The molecule has 0 spiro atoms. The second-order valence-electron chi connectivity index (χ2n) is 4.48. The van der Waals surface area contributed by atoms with Gasteiger partial charge in [-0.2, -0.15) is 0 Å². The Balaban J connectivity index is 1.71. The molecule has 0 atom stereocenters. The van der Waals surface area contributed by atoms with E-state index in [2.05, 4.69) is 17.4 Å². The lowest BCUT2D eigenvalue weighted by Crippen LogP contribution is -2.16. The fraction of sp³-hybridized carbons (Fsp3) is 0.250. The van der Waals surface area contributed by atoms with E-state index in [9.17, 15) is 4.39 Å². The zero-order valence-electron chi connectivity index (χ0n) is 10.7. The van der Waals surface area contributed by atoms with E-state index in [0.29, 0.717) is 12.1 Å². The molecule has 100 valence electrons. The summed E-state index contributed by atoms with van der Waals surface area (Å²) in [7, 11) is 0. The Morgan fingerprint density at radius 2 is 1.79 bits per heavy atom. The Kier molecular flexibility index (Phi) is 5.37. The minimum atomic E-state index is -0.320. The minimum Gasteiger partial charge on any atom is -0.313 e. The second-order valence-corrected chi connectivity index (χ2v) is 4.89. The van der Waals surface area contributed by atoms with Gasteiger partial charge in [-0.15, -0.1) is 0 Å². The molecule has 3 heteroatoms. The number of hydrogen-bond donors (Lipinski definition) is 1. The number of benzene rings is 2. The van der Waals surface area contributed by atoms with Crippen LogP contribution >= 0.6 is 11.6 Å². The van der Waals surface area contributed by atoms with E-state index in [1.54, 1.807) is 18.2 Å². The van der Waals surface area contributed by atoms with Gasteiger partial charge in [-0.05, 0) is 31.0 Å². The van der Waals surface area contributed by atoms with Gasteiger partial charge in [-0.1, -0.05) is 54.1 Å². The van der Waals surface area contributed by atoms with Crippen molar-refractivity contribution in [3.63, 3.8) is 0 Å². The summed E-state index contributed by atoms with van der Waals surface area (Å²) < 4.78 is 13.6. The summed E-state index contributed by atoms with van der Waals surface area (Å²) >= 11 is 5.73.